The molecule has 2 aromatic heterocycles. The van der Waals surface area contributed by atoms with Crippen LogP contribution in [0.3, 0.4) is 0 Å². The topological polar surface area (TPSA) is 74.2 Å². The summed E-state index contributed by atoms with van der Waals surface area (Å²) in [5.41, 5.74) is 11.7. The summed E-state index contributed by atoms with van der Waals surface area (Å²) in [4.78, 5) is 5.46. The van der Waals surface area contributed by atoms with Crippen molar-refractivity contribution in [2.24, 2.45) is 0 Å². The van der Waals surface area contributed by atoms with E-state index in [2.05, 4.69) is 10.1 Å². The van der Waals surface area contributed by atoms with Gasteiger partial charge in [-0.2, -0.15) is 0 Å². The summed E-state index contributed by atoms with van der Waals surface area (Å²) in [6.45, 7) is 2.68. The normalized spacial score (nSPS) is 13.7. The van der Waals surface area contributed by atoms with Crippen LogP contribution in [0.4, 0.5) is 5.82 Å². The van der Waals surface area contributed by atoms with Crippen LogP contribution in [0, 0.1) is 6.92 Å². The quantitative estimate of drug-likeness (QED) is 0.738. The molecular weight excluding hydrogens is 262 g/mol. The van der Waals surface area contributed by atoms with Crippen molar-refractivity contribution in [2.75, 3.05) is 12.3 Å². The number of nitrogens with two attached hydrogens (primary N) is 1. The number of thiazole rings is 1. The molecule has 4 rings (SSSR count). The molecule has 0 unspecified atom stereocenters. The average molecular weight is 273 g/mol. The summed E-state index contributed by atoms with van der Waals surface area (Å²) in [7, 11) is 0. The first kappa shape index (κ1) is 10.8. The Hall–Kier alpha value is -2.08. The molecule has 3 heterocycles. The molecule has 0 bridgehead atoms. The number of anilines is 1. The minimum Gasteiger partial charge on any atom is -0.492 e. The zero-order chi connectivity index (χ0) is 13.0. The molecule has 0 saturated heterocycles. The van der Waals surface area contributed by atoms with Crippen molar-refractivity contribution in [3.63, 3.8) is 0 Å². The lowest BCUT2D eigenvalue weighted by Crippen LogP contribution is -1.89. The lowest BCUT2D eigenvalue weighted by molar-refractivity contribution is 0.360. The molecule has 0 fully saturated rings. The Labute approximate surface area is 113 Å². The highest BCUT2D eigenvalue weighted by atomic mass is 32.1. The van der Waals surface area contributed by atoms with Gasteiger partial charge in [0.05, 0.1) is 22.7 Å². The molecule has 0 saturated carbocycles. The molecule has 2 N–H and O–H groups in total. The van der Waals surface area contributed by atoms with Crippen LogP contribution in [0.25, 0.3) is 21.4 Å². The number of aromatic nitrogens is 2. The van der Waals surface area contributed by atoms with E-state index in [-0.39, 0.29) is 0 Å². The molecule has 96 valence electrons. The van der Waals surface area contributed by atoms with Crippen LogP contribution >= 0.6 is 11.3 Å². The van der Waals surface area contributed by atoms with Gasteiger partial charge in [-0.1, -0.05) is 5.16 Å². The van der Waals surface area contributed by atoms with Gasteiger partial charge >= 0.3 is 0 Å². The second-order valence-electron chi connectivity index (χ2n) is 4.54. The van der Waals surface area contributed by atoms with Gasteiger partial charge in [-0.25, -0.2) is 4.98 Å². The Morgan fingerprint density at radius 3 is 3.11 bits per heavy atom. The molecule has 5 nitrogen and oxygen atoms in total. The number of ether oxygens (including phenoxy) is 1. The molecule has 0 spiro atoms. The van der Waals surface area contributed by atoms with Crippen LogP contribution in [0.15, 0.2) is 16.1 Å². The summed E-state index contributed by atoms with van der Waals surface area (Å²) in [5.74, 6) is 1.21. The van der Waals surface area contributed by atoms with Crippen molar-refractivity contribution >= 4 is 28.1 Å². The molecule has 0 atom stereocenters. The molecule has 1 aliphatic heterocycles. The number of nitrogens with zero attached hydrogens (tertiary/aromatic N) is 2. The van der Waals surface area contributed by atoms with Gasteiger partial charge in [-0.15, -0.1) is 11.3 Å². The number of hydrogen-bond acceptors (Lipinski definition) is 6. The smallest absolute Gasteiger partial charge is 0.178 e. The Morgan fingerprint density at radius 2 is 2.32 bits per heavy atom. The van der Waals surface area contributed by atoms with Gasteiger partial charge in [0.25, 0.3) is 0 Å². The van der Waals surface area contributed by atoms with Gasteiger partial charge in [0.1, 0.15) is 11.1 Å². The minimum atomic E-state index is 0.390. The van der Waals surface area contributed by atoms with Gasteiger partial charge < -0.3 is 15.0 Å². The van der Waals surface area contributed by atoms with Gasteiger partial charge in [0, 0.05) is 17.5 Å². The maximum absolute atomic E-state index is 5.85. The molecule has 1 aromatic carbocycles. The third kappa shape index (κ3) is 1.40. The van der Waals surface area contributed by atoms with Gasteiger partial charge in [-0.3, -0.25) is 0 Å². The van der Waals surface area contributed by atoms with E-state index in [0.717, 1.165) is 33.7 Å². The van der Waals surface area contributed by atoms with E-state index in [1.165, 1.54) is 5.56 Å². The van der Waals surface area contributed by atoms with E-state index in [0.29, 0.717) is 18.0 Å². The minimum absolute atomic E-state index is 0.390. The second kappa shape index (κ2) is 3.71. The fourth-order valence-electron chi connectivity index (χ4n) is 2.56. The van der Waals surface area contributed by atoms with Crippen molar-refractivity contribution in [1.29, 1.82) is 0 Å². The largest absolute Gasteiger partial charge is 0.492 e. The Balaban J connectivity index is 2.10. The third-order valence-corrected chi connectivity index (χ3v) is 4.40. The average Bonchev–Trinajstić information content (AvgIpc) is 3.08. The Kier molecular flexibility index (Phi) is 2.11. The number of rotatable bonds is 1. The van der Waals surface area contributed by atoms with Gasteiger partial charge in [0.15, 0.2) is 11.4 Å². The van der Waals surface area contributed by atoms with Crippen LogP contribution in [0.2, 0.25) is 0 Å². The highest BCUT2D eigenvalue weighted by Crippen LogP contribution is 2.44. The Bertz CT molecular complexity index is 791. The summed E-state index contributed by atoms with van der Waals surface area (Å²) >= 11 is 1.62. The van der Waals surface area contributed by atoms with E-state index >= 15 is 0 Å². The van der Waals surface area contributed by atoms with E-state index in [4.69, 9.17) is 15.0 Å². The summed E-state index contributed by atoms with van der Waals surface area (Å²) in [5, 5.41) is 4.62. The van der Waals surface area contributed by atoms with Crippen LogP contribution < -0.4 is 10.5 Å². The van der Waals surface area contributed by atoms with Crippen molar-refractivity contribution in [1.82, 2.24) is 10.1 Å². The van der Waals surface area contributed by atoms with Crippen LogP contribution in [-0.2, 0) is 6.42 Å². The maximum atomic E-state index is 5.85. The van der Waals surface area contributed by atoms with Crippen LogP contribution in [0.1, 0.15) is 11.3 Å². The molecule has 6 heteroatoms. The number of aryl methyl sites for hydroxylation is 1. The first-order chi connectivity index (χ1) is 9.25. The predicted molar refractivity (Wildman–Crippen MR) is 73.5 cm³/mol. The molecule has 0 radical (unpaired) electrons. The molecule has 0 aliphatic carbocycles. The van der Waals surface area contributed by atoms with E-state index < -0.39 is 0 Å². The lowest BCUT2D eigenvalue weighted by atomic mass is 10.0. The third-order valence-electron chi connectivity index (χ3n) is 3.44. The molecule has 1 aliphatic rings. The van der Waals surface area contributed by atoms with Crippen molar-refractivity contribution in [3.05, 3.63) is 22.8 Å². The SMILES string of the molecule is Cc1ncsc1-c1cc2onc(N)c2c2c1CCO2. The summed E-state index contributed by atoms with van der Waals surface area (Å²) in [6.07, 6.45) is 0.878. The number of hydrogen-bond donors (Lipinski definition) is 1. The fraction of sp³-hybridized carbons (Fsp3) is 0.231. The number of fused-ring (bicyclic) bond motifs is 3. The maximum Gasteiger partial charge on any atom is 0.178 e. The van der Waals surface area contributed by atoms with Gasteiger partial charge in [0.2, 0.25) is 0 Å². The molecular formula is C13H11N3O2S. The zero-order valence-electron chi connectivity index (χ0n) is 10.3. The Morgan fingerprint density at radius 1 is 1.42 bits per heavy atom. The van der Waals surface area contributed by atoms with Crippen molar-refractivity contribution in [2.45, 2.75) is 13.3 Å². The summed E-state index contributed by atoms with van der Waals surface area (Å²) in [6, 6.07) is 1.99. The number of nitrogen functional groups attached to an aromatic ring is 1. The van der Waals surface area contributed by atoms with E-state index in [1.54, 1.807) is 11.3 Å². The summed E-state index contributed by atoms with van der Waals surface area (Å²) < 4.78 is 11.0. The molecule has 19 heavy (non-hydrogen) atoms. The highest BCUT2D eigenvalue weighted by molar-refractivity contribution is 7.13. The van der Waals surface area contributed by atoms with Crippen LogP contribution in [-0.4, -0.2) is 16.7 Å². The van der Waals surface area contributed by atoms with Crippen molar-refractivity contribution in [3.8, 4) is 16.2 Å². The van der Waals surface area contributed by atoms with Crippen LogP contribution in [0.5, 0.6) is 5.75 Å². The fourth-order valence-corrected chi connectivity index (χ4v) is 3.41. The molecule has 3 aromatic rings. The highest BCUT2D eigenvalue weighted by Gasteiger charge is 2.25. The van der Waals surface area contributed by atoms with Crippen molar-refractivity contribution < 1.29 is 9.26 Å². The number of benzene rings is 1. The zero-order valence-corrected chi connectivity index (χ0v) is 11.1. The first-order valence-electron chi connectivity index (χ1n) is 5.99. The standard InChI is InChI=1S/C13H11N3O2S/c1-6-12(19-5-15-6)8-4-9-10(13(14)16-18-9)11-7(8)2-3-17-11/h4-5H,2-3H2,1H3,(H2,14,16). The van der Waals surface area contributed by atoms with E-state index in [1.807, 2.05) is 18.5 Å². The molecule has 0 amide bonds. The van der Waals surface area contributed by atoms with Gasteiger partial charge in [-0.05, 0) is 13.0 Å². The van der Waals surface area contributed by atoms with E-state index in [9.17, 15) is 0 Å². The monoisotopic (exact) mass is 273 g/mol. The first-order valence-corrected chi connectivity index (χ1v) is 6.87. The predicted octanol–water partition coefficient (Wildman–Crippen LogP) is 2.78. The second-order valence-corrected chi connectivity index (χ2v) is 5.39. The lowest BCUT2D eigenvalue weighted by Gasteiger charge is -2.06.